The summed E-state index contributed by atoms with van der Waals surface area (Å²) >= 11 is 0. The molecule has 2 fully saturated rings. The highest BCUT2D eigenvalue weighted by Gasteiger charge is 2.39. The van der Waals surface area contributed by atoms with Gasteiger partial charge in [-0.05, 0) is 17.5 Å². The summed E-state index contributed by atoms with van der Waals surface area (Å²) in [4.78, 5) is 49.9. The van der Waals surface area contributed by atoms with Gasteiger partial charge in [-0.25, -0.2) is 4.98 Å². The molecule has 0 aromatic carbocycles. The molecule has 5 heterocycles. The molecule has 3 aliphatic rings. The fraction of sp³-hybridized carbons (Fsp3) is 0.607. The molecule has 40 heavy (non-hydrogen) atoms. The Kier molecular flexibility index (Phi) is 8.09. The number of likely N-dealkylation sites (tertiary alicyclic amines) is 1. The predicted octanol–water partition coefficient (Wildman–Crippen LogP) is 0.683. The molecule has 0 aliphatic carbocycles. The van der Waals surface area contributed by atoms with E-state index < -0.39 is 6.04 Å². The third kappa shape index (κ3) is 6.61. The van der Waals surface area contributed by atoms with Gasteiger partial charge in [0, 0.05) is 70.7 Å². The van der Waals surface area contributed by atoms with Gasteiger partial charge < -0.3 is 24.6 Å². The zero-order chi connectivity index (χ0) is 28.4. The summed E-state index contributed by atoms with van der Waals surface area (Å²) in [5.74, 6) is -0.211. The zero-order valence-corrected chi connectivity index (χ0v) is 23.7. The number of nitrogens with zero attached hydrogens (tertiary/aromatic N) is 6. The minimum atomic E-state index is -0.395. The number of ether oxygens (including phenoxy) is 2. The van der Waals surface area contributed by atoms with Crippen LogP contribution in [0.1, 0.15) is 43.1 Å². The molecule has 12 nitrogen and oxygen atoms in total. The standard InChI is InChI=1S/C28H39N7O5/c1-28(2,3)10-24(36)34-8-9-35-20(14-34)17-40-27-21(6-5-7-29-27)26(38)31-22-15-33(13-19-11-30-32(4)12-19)16-23(22)39-18-25(35)37/h5-7,11-12,20,22-23H,8-10,13-18H2,1-4H3,(H,31,38)/t20-,22+,23-/m0/s1. The molecule has 3 aliphatic heterocycles. The van der Waals surface area contributed by atoms with Crippen molar-refractivity contribution in [2.24, 2.45) is 12.5 Å². The molecule has 2 aromatic heterocycles. The second-order valence-corrected chi connectivity index (χ2v) is 12.1. The van der Waals surface area contributed by atoms with Crippen LogP contribution in [0.15, 0.2) is 30.7 Å². The number of carbonyl (C=O) groups is 3. The summed E-state index contributed by atoms with van der Waals surface area (Å²) in [6, 6.07) is 2.65. The van der Waals surface area contributed by atoms with Crippen molar-refractivity contribution >= 4 is 17.7 Å². The first-order chi connectivity index (χ1) is 19.1. The lowest BCUT2D eigenvalue weighted by molar-refractivity contribution is -0.149. The monoisotopic (exact) mass is 553 g/mol. The second kappa shape index (κ2) is 11.5. The van der Waals surface area contributed by atoms with E-state index in [1.807, 2.05) is 40.2 Å². The van der Waals surface area contributed by atoms with Gasteiger partial charge in [0.05, 0.1) is 24.4 Å². The number of hydrogen-bond acceptors (Lipinski definition) is 8. The van der Waals surface area contributed by atoms with Crippen LogP contribution in [0, 0.1) is 5.41 Å². The number of pyridine rings is 1. The molecular weight excluding hydrogens is 514 g/mol. The molecule has 5 rings (SSSR count). The third-order valence-electron chi connectivity index (χ3n) is 7.51. The molecule has 0 spiro atoms. The van der Waals surface area contributed by atoms with Gasteiger partial charge in [0.2, 0.25) is 17.7 Å². The summed E-state index contributed by atoms with van der Waals surface area (Å²) in [5, 5.41) is 7.34. The molecule has 12 heteroatoms. The van der Waals surface area contributed by atoms with Crippen molar-refractivity contribution < 1.29 is 23.9 Å². The SMILES string of the molecule is Cn1cc(CN2C[C@@H]3OCC(=O)N4CCN(C(=O)CC(C)(C)C)C[C@H]4COc4ncccc4C(=O)N[C@@H]3C2)cn1. The lowest BCUT2D eigenvalue weighted by atomic mass is 9.91. The summed E-state index contributed by atoms with van der Waals surface area (Å²) in [5.41, 5.74) is 1.24. The number of fused-ring (bicyclic) bond motifs is 3. The van der Waals surface area contributed by atoms with Crippen molar-refractivity contribution in [1.82, 2.24) is 34.8 Å². The van der Waals surface area contributed by atoms with Crippen LogP contribution in [-0.4, -0.2) is 111 Å². The summed E-state index contributed by atoms with van der Waals surface area (Å²) in [6.07, 6.45) is 5.40. The first kappa shape index (κ1) is 28.0. The smallest absolute Gasteiger partial charge is 0.257 e. The van der Waals surface area contributed by atoms with Gasteiger partial charge in [-0.2, -0.15) is 5.10 Å². The second-order valence-electron chi connectivity index (χ2n) is 12.1. The minimum Gasteiger partial charge on any atom is -0.475 e. The molecular formula is C28H39N7O5. The number of amides is 3. The Bertz CT molecular complexity index is 1240. The highest BCUT2D eigenvalue weighted by atomic mass is 16.5. The van der Waals surface area contributed by atoms with Gasteiger partial charge in [-0.1, -0.05) is 20.8 Å². The number of nitrogens with one attached hydrogen (secondary N) is 1. The van der Waals surface area contributed by atoms with Crippen LogP contribution < -0.4 is 10.1 Å². The normalized spacial score (nSPS) is 24.6. The molecule has 0 radical (unpaired) electrons. The minimum absolute atomic E-state index is 0.0548. The Balaban J connectivity index is 1.36. The van der Waals surface area contributed by atoms with Crippen LogP contribution in [0.3, 0.4) is 0 Å². The number of carbonyl (C=O) groups excluding carboxylic acids is 3. The van der Waals surface area contributed by atoms with Crippen LogP contribution >= 0.6 is 0 Å². The molecule has 2 saturated heterocycles. The van der Waals surface area contributed by atoms with E-state index in [-0.39, 0.29) is 54.4 Å². The maximum absolute atomic E-state index is 13.4. The first-order valence-electron chi connectivity index (χ1n) is 13.8. The van der Waals surface area contributed by atoms with E-state index in [1.165, 1.54) is 0 Å². The van der Waals surface area contributed by atoms with Crippen molar-refractivity contribution in [1.29, 1.82) is 0 Å². The molecule has 3 atom stereocenters. The van der Waals surface area contributed by atoms with Crippen LogP contribution in [0.5, 0.6) is 5.88 Å². The first-order valence-corrected chi connectivity index (χ1v) is 13.8. The lowest BCUT2D eigenvalue weighted by Crippen LogP contribution is -2.59. The fourth-order valence-electron chi connectivity index (χ4n) is 5.58. The van der Waals surface area contributed by atoms with E-state index >= 15 is 0 Å². The average Bonchev–Trinajstić information content (AvgIpc) is 3.49. The van der Waals surface area contributed by atoms with Gasteiger partial charge in [0.15, 0.2) is 0 Å². The maximum Gasteiger partial charge on any atom is 0.257 e. The Labute approximate surface area is 234 Å². The van der Waals surface area contributed by atoms with E-state index in [1.54, 1.807) is 32.8 Å². The number of aromatic nitrogens is 3. The highest BCUT2D eigenvalue weighted by molar-refractivity contribution is 5.96. The molecule has 0 saturated carbocycles. The van der Waals surface area contributed by atoms with Crippen molar-refractivity contribution in [3.05, 3.63) is 41.9 Å². The van der Waals surface area contributed by atoms with Crippen molar-refractivity contribution in [2.45, 2.75) is 51.9 Å². The Morgan fingerprint density at radius 1 is 1.18 bits per heavy atom. The number of aryl methyl sites for hydroxylation is 1. The number of piperazine rings is 1. The largest absolute Gasteiger partial charge is 0.475 e. The highest BCUT2D eigenvalue weighted by Crippen LogP contribution is 2.24. The van der Waals surface area contributed by atoms with Crippen molar-refractivity contribution in [3.63, 3.8) is 0 Å². The van der Waals surface area contributed by atoms with Gasteiger partial charge in [0.25, 0.3) is 5.91 Å². The van der Waals surface area contributed by atoms with Crippen LogP contribution in [-0.2, 0) is 27.9 Å². The summed E-state index contributed by atoms with van der Waals surface area (Å²) in [6.45, 7) is 9.06. The van der Waals surface area contributed by atoms with Crippen molar-refractivity contribution in [3.8, 4) is 5.88 Å². The predicted molar refractivity (Wildman–Crippen MR) is 145 cm³/mol. The van der Waals surface area contributed by atoms with E-state index in [4.69, 9.17) is 9.47 Å². The number of hydrogen-bond donors (Lipinski definition) is 1. The maximum atomic E-state index is 13.4. The van der Waals surface area contributed by atoms with Crippen molar-refractivity contribution in [2.75, 3.05) is 45.9 Å². The zero-order valence-electron chi connectivity index (χ0n) is 23.7. The van der Waals surface area contributed by atoms with Gasteiger partial charge in [-0.3, -0.25) is 24.0 Å². The molecule has 2 aromatic rings. The fourth-order valence-corrected chi connectivity index (χ4v) is 5.58. The topological polar surface area (TPSA) is 122 Å². The van der Waals surface area contributed by atoms with Gasteiger partial charge >= 0.3 is 0 Å². The van der Waals surface area contributed by atoms with Gasteiger partial charge in [-0.15, -0.1) is 0 Å². The molecule has 3 amide bonds. The van der Waals surface area contributed by atoms with Crippen LogP contribution in [0.4, 0.5) is 0 Å². The quantitative estimate of drug-likeness (QED) is 0.589. The third-order valence-corrected chi connectivity index (χ3v) is 7.51. The van der Waals surface area contributed by atoms with Crippen LogP contribution in [0.25, 0.3) is 0 Å². The number of rotatable bonds is 3. The Morgan fingerprint density at radius 3 is 2.75 bits per heavy atom. The lowest BCUT2D eigenvalue weighted by Gasteiger charge is -2.42. The Morgan fingerprint density at radius 2 is 2.00 bits per heavy atom. The van der Waals surface area contributed by atoms with E-state index in [0.717, 1.165) is 5.56 Å². The molecule has 216 valence electrons. The molecule has 0 unspecified atom stereocenters. The summed E-state index contributed by atoms with van der Waals surface area (Å²) < 4.78 is 14.0. The van der Waals surface area contributed by atoms with Crippen LogP contribution in [0.2, 0.25) is 0 Å². The molecule has 0 bridgehead atoms. The van der Waals surface area contributed by atoms with Gasteiger partial charge in [0.1, 0.15) is 18.8 Å². The van der Waals surface area contributed by atoms with E-state index in [0.29, 0.717) is 51.3 Å². The Hall–Kier alpha value is -3.51. The summed E-state index contributed by atoms with van der Waals surface area (Å²) in [7, 11) is 1.87. The van der Waals surface area contributed by atoms with E-state index in [9.17, 15) is 14.4 Å². The molecule has 1 N–H and O–H groups in total. The average molecular weight is 554 g/mol. The van der Waals surface area contributed by atoms with E-state index in [2.05, 4.69) is 20.3 Å².